The van der Waals surface area contributed by atoms with Gasteiger partial charge in [-0.05, 0) is 18.2 Å². The van der Waals surface area contributed by atoms with Gasteiger partial charge in [-0.1, -0.05) is 28.1 Å². The molecule has 2 heterocycles. The minimum atomic E-state index is -3.80. The monoisotopic (exact) mass is 369 g/mol. The number of carbonyl (C=O) groups excluding carboxylic acids is 1. The van der Waals surface area contributed by atoms with Gasteiger partial charge >= 0.3 is 0 Å². The van der Waals surface area contributed by atoms with Gasteiger partial charge in [-0.3, -0.25) is 4.79 Å². The Bertz CT molecular complexity index is 862. The van der Waals surface area contributed by atoms with Crippen LogP contribution in [-0.2, 0) is 10.0 Å². The summed E-state index contributed by atoms with van der Waals surface area (Å²) in [6.07, 6.45) is 3.54. The van der Waals surface area contributed by atoms with Crippen molar-refractivity contribution in [3.05, 3.63) is 40.5 Å². The van der Waals surface area contributed by atoms with Crippen molar-refractivity contribution in [3.8, 4) is 0 Å². The molecular weight excluding hydrogens is 358 g/mol. The highest BCUT2D eigenvalue weighted by Gasteiger charge is 2.32. The molecule has 1 aliphatic heterocycles. The molecule has 1 aliphatic rings. The Labute approximate surface area is 129 Å². The summed E-state index contributed by atoms with van der Waals surface area (Å²) in [5, 5.41) is 0.449. The largest absolute Gasteiger partial charge is 0.364 e. The normalized spacial score (nSPS) is 15.9. The lowest BCUT2D eigenvalue weighted by Gasteiger charge is -2.15. The summed E-state index contributed by atoms with van der Waals surface area (Å²) in [6, 6.07) is 5.12. The topological polar surface area (TPSA) is 96.3 Å². The first-order valence-corrected chi connectivity index (χ1v) is 8.41. The molecule has 0 radical (unpaired) electrons. The Morgan fingerprint density at radius 2 is 1.95 bits per heavy atom. The van der Waals surface area contributed by atoms with Gasteiger partial charge < -0.3 is 10.7 Å². The van der Waals surface area contributed by atoms with Crippen LogP contribution in [0.3, 0.4) is 0 Å². The van der Waals surface area contributed by atoms with Crippen LogP contribution in [0, 0.1) is 0 Å². The van der Waals surface area contributed by atoms with E-state index in [1.54, 1.807) is 30.4 Å². The molecule has 0 saturated carbocycles. The molecular formula is C13H12BrN3O3S. The lowest BCUT2D eigenvalue weighted by Crippen LogP contribution is -2.30. The third-order valence-electron chi connectivity index (χ3n) is 3.34. The highest BCUT2D eigenvalue weighted by Crippen LogP contribution is 2.32. The summed E-state index contributed by atoms with van der Waals surface area (Å²) in [7, 11) is -3.80. The van der Waals surface area contributed by atoms with E-state index in [2.05, 4.69) is 20.9 Å². The molecule has 3 rings (SSSR count). The van der Waals surface area contributed by atoms with Crippen LogP contribution in [0.2, 0.25) is 0 Å². The standard InChI is InChI=1S/C13H12BrN3O3S/c14-8-3-4-10-9(7-8)12(11(16-10)13(15)18)21(19,20)17-5-1-2-6-17/h1-4,7,16H,5-6H2,(H2,15,18). The quantitative estimate of drug-likeness (QED) is 0.803. The second-order valence-corrected chi connectivity index (χ2v) is 7.47. The first-order chi connectivity index (χ1) is 9.91. The van der Waals surface area contributed by atoms with Crippen LogP contribution in [0.1, 0.15) is 10.5 Å². The number of nitrogens with two attached hydrogens (primary N) is 1. The van der Waals surface area contributed by atoms with Gasteiger partial charge in [-0.25, -0.2) is 8.42 Å². The molecule has 0 unspecified atom stereocenters. The van der Waals surface area contributed by atoms with Gasteiger partial charge in [0.25, 0.3) is 5.91 Å². The van der Waals surface area contributed by atoms with E-state index in [4.69, 9.17) is 5.73 Å². The first-order valence-electron chi connectivity index (χ1n) is 6.17. The predicted molar refractivity (Wildman–Crippen MR) is 82.4 cm³/mol. The van der Waals surface area contributed by atoms with Crippen LogP contribution in [0.15, 0.2) is 39.7 Å². The second kappa shape index (κ2) is 4.97. The van der Waals surface area contributed by atoms with Crippen LogP contribution in [0.5, 0.6) is 0 Å². The van der Waals surface area contributed by atoms with Crippen LogP contribution < -0.4 is 5.73 Å². The Morgan fingerprint density at radius 3 is 2.57 bits per heavy atom. The summed E-state index contributed by atoms with van der Waals surface area (Å²) < 4.78 is 27.6. The first kappa shape index (κ1) is 14.3. The molecule has 3 N–H and O–H groups in total. The van der Waals surface area contributed by atoms with Crippen molar-refractivity contribution < 1.29 is 13.2 Å². The Morgan fingerprint density at radius 1 is 1.29 bits per heavy atom. The average molecular weight is 370 g/mol. The molecule has 1 aromatic carbocycles. The summed E-state index contributed by atoms with van der Waals surface area (Å²) in [5.74, 6) is -0.798. The van der Waals surface area contributed by atoms with Crippen LogP contribution in [-0.4, -0.2) is 36.7 Å². The van der Waals surface area contributed by atoms with Crippen molar-refractivity contribution in [2.75, 3.05) is 13.1 Å². The van der Waals surface area contributed by atoms with E-state index < -0.39 is 15.9 Å². The zero-order valence-corrected chi connectivity index (χ0v) is 13.2. The fourth-order valence-electron chi connectivity index (χ4n) is 2.36. The van der Waals surface area contributed by atoms with Gasteiger partial charge in [0.05, 0.1) is 0 Å². The molecule has 0 spiro atoms. The lowest BCUT2D eigenvalue weighted by molar-refractivity contribution is 0.0993. The lowest BCUT2D eigenvalue weighted by atomic mass is 10.2. The molecule has 0 aliphatic carbocycles. The fourth-order valence-corrected chi connectivity index (χ4v) is 4.41. The predicted octanol–water partition coefficient (Wildman–Crippen LogP) is 1.59. The number of amides is 1. The second-order valence-electron chi connectivity index (χ2n) is 4.68. The van der Waals surface area contributed by atoms with E-state index in [9.17, 15) is 13.2 Å². The van der Waals surface area contributed by atoms with Crippen molar-refractivity contribution in [1.29, 1.82) is 0 Å². The van der Waals surface area contributed by atoms with Crippen LogP contribution >= 0.6 is 15.9 Å². The van der Waals surface area contributed by atoms with Crippen molar-refractivity contribution in [2.24, 2.45) is 5.73 Å². The van der Waals surface area contributed by atoms with Crippen molar-refractivity contribution in [3.63, 3.8) is 0 Å². The number of primary amides is 1. The Kier molecular flexibility index (Phi) is 3.39. The fraction of sp³-hybridized carbons (Fsp3) is 0.154. The molecule has 110 valence electrons. The maximum Gasteiger partial charge on any atom is 0.266 e. The molecule has 21 heavy (non-hydrogen) atoms. The van der Waals surface area contributed by atoms with Crippen molar-refractivity contribution in [1.82, 2.24) is 9.29 Å². The Balaban J connectivity index is 2.31. The minimum absolute atomic E-state index is 0.0602. The molecule has 1 aromatic heterocycles. The maximum atomic E-state index is 12.8. The van der Waals surface area contributed by atoms with Crippen molar-refractivity contribution in [2.45, 2.75) is 4.90 Å². The number of carbonyl (C=O) groups is 1. The third-order valence-corrected chi connectivity index (χ3v) is 5.75. The van der Waals surface area contributed by atoms with Gasteiger partial charge in [0.1, 0.15) is 10.6 Å². The number of benzene rings is 1. The number of rotatable bonds is 3. The van der Waals surface area contributed by atoms with E-state index in [0.29, 0.717) is 24.0 Å². The van der Waals surface area contributed by atoms with E-state index >= 15 is 0 Å². The van der Waals surface area contributed by atoms with E-state index in [1.807, 2.05) is 0 Å². The van der Waals surface area contributed by atoms with Crippen molar-refractivity contribution >= 4 is 42.8 Å². The zero-order valence-electron chi connectivity index (χ0n) is 10.8. The molecule has 1 amide bonds. The smallest absolute Gasteiger partial charge is 0.266 e. The van der Waals surface area contributed by atoms with E-state index in [-0.39, 0.29) is 10.6 Å². The van der Waals surface area contributed by atoms with Gasteiger partial charge in [0.2, 0.25) is 10.0 Å². The number of aromatic amines is 1. The summed E-state index contributed by atoms with van der Waals surface area (Å²) in [4.78, 5) is 14.4. The van der Waals surface area contributed by atoms with E-state index in [0.717, 1.165) is 4.47 Å². The summed E-state index contributed by atoms with van der Waals surface area (Å²) in [6.45, 7) is 0.586. The zero-order chi connectivity index (χ0) is 15.2. The number of aromatic nitrogens is 1. The number of hydrogen-bond donors (Lipinski definition) is 2. The number of H-pyrrole nitrogens is 1. The van der Waals surface area contributed by atoms with Gasteiger partial charge in [0.15, 0.2) is 0 Å². The molecule has 0 saturated heterocycles. The molecule has 0 bridgehead atoms. The molecule has 0 atom stereocenters. The number of fused-ring (bicyclic) bond motifs is 1. The van der Waals surface area contributed by atoms with Gasteiger partial charge in [-0.15, -0.1) is 0 Å². The van der Waals surface area contributed by atoms with Crippen LogP contribution in [0.25, 0.3) is 10.9 Å². The number of halogens is 1. The van der Waals surface area contributed by atoms with Crippen LogP contribution in [0.4, 0.5) is 0 Å². The summed E-state index contributed by atoms with van der Waals surface area (Å²) in [5.41, 5.74) is 5.80. The Hall–Kier alpha value is -1.64. The van der Waals surface area contributed by atoms with Gasteiger partial charge in [-0.2, -0.15) is 4.31 Å². The highest BCUT2D eigenvalue weighted by atomic mass is 79.9. The molecule has 8 heteroatoms. The van der Waals surface area contributed by atoms with E-state index in [1.165, 1.54) is 4.31 Å². The number of hydrogen-bond acceptors (Lipinski definition) is 3. The maximum absolute atomic E-state index is 12.8. The molecule has 0 fully saturated rings. The summed E-state index contributed by atoms with van der Waals surface area (Å²) >= 11 is 3.31. The highest BCUT2D eigenvalue weighted by molar-refractivity contribution is 9.10. The molecule has 2 aromatic rings. The number of sulfonamides is 1. The molecule has 6 nitrogen and oxygen atoms in total. The number of nitrogens with one attached hydrogen (secondary N) is 1. The van der Waals surface area contributed by atoms with Gasteiger partial charge in [0, 0.05) is 28.5 Å². The third kappa shape index (κ3) is 2.29. The number of nitrogens with zero attached hydrogens (tertiary/aromatic N) is 1. The SMILES string of the molecule is NC(=O)c1[nH]c2ccc(Br)cc2c1S(=O)(=O)N1CC=CC1. The minimum Gasteiger partial charge on any atom is -0.364 e. The average Bonchev–Trinajstić information content (AvgIpc) is 3.05.